The Morgan fingerprint density at radius 3 is 2.80 bits per heavy atom. The van der Waals surface area contributed by atoms with Crippen molar-refractivity contribution in [1.29, 1.82) is 0 Å². The maximum Gasteiger partial charge on any atom is 0.137 e. The fourth-order valence-corrected chi connectivity index (χ4v) is 2.22. The molecule has 1 aliphatic heterocycles. The number of hydrogen-bond acceptors (Lipinski definition) is 2. The summed E-state index contributed by atoms with van der Waals surface area (Å²) in [6, 6.07) is 8.61. The van der Waals surface area contributed by atoms with Gasteiger partial charge in [-0.2, -0.15) is 0 Å². The van der Waals surface area contributed by atoms with E-state index < -0.39 is 0 Å². The van der Waals surface area contributed by atoms with Crippen molar-refractivity contribution in [3.63, 3.8) is 0 Å². The second-order valence-electron chi connectivity index (χ2n) is 4.01. The van der Waals surface area contributed by atoms with Gasteiger partial charge in [0.05, 0.1) is 0 Å². The minimum Gasteiger partial charge on any atom is -0.315 e. The van der Waals surface area contributed by atoms with E-state index in [1.54, 1.807) is 0 Å². The normalized spacial score (nSPS) is 14.2. The Morgan fingerprint density at radius 1 is 1.13 bits per heavy atom. The SMILES string of the molecule is Cc1nnc2n1CCc1ccccc1C2. The van der Waals surface area contributed by atoms with Gasteiger partial charge in [-0.1, -0.05) is 24.3 Å². The summed E-state index contributed by atoms with van der Waals surface area (Å²) in [6.07, 6.45) is 2.00. The predicted molar refractivity (Wildman–Crippen MR) is 57.7 cm³/mol. The van der Waals surface area contributed by atoms with E-state index in [1.165, 1.54) is 11.1 Å². The van der Waals surface area contributed by atoms with Crippen molar-refractivity contribution < 1.29 is 0 Å². The topological polar surface area (TPSA) is 30.7 Å². The fourth-order valence-electron chi connectivity index (χ4n) is 2.22. The highest BCUT2D eigenvalue weighted by Gasteiger charge is 2.15. The molecule has 3 nitrogen and oxygen atoms in total. The minimum atomic E-state index is 0.914. The van der Waals surface area contributed by atoms with Crippen LogP contribution in [-0.4, -0.2) is 14.8 Å². The van der Waals surface area contributed by atoms with Crippen molar-refractivity contribution in [2.45, 2.75) is 26.3 Å². The van der Waals surface area contributed by atoms with Crippen LogP contribution in [0.2, 0.25) is 0 Å². The molecule has 0 bridgehead atoms. The van der Waals surface area contributed by atoms with E-state index in [9.17, 15) is 0 Å². The van der Waals surface area contributed by atoms with Crippen molar-refractivity contribution in [2.24, 2.45) is 0 Å². The smallest absolute Gasteiger partial charge is 0.137 e. The Kier molecular flexibility index (Phi) is 1.84. The van der Waals surface area contributed by atoms with Gasteiger partial charge in [0.1, 0.15) is 11.6 Å². The third-order valence-corrected chi connectivity index (χ3v) is 3.08. The van der Waals surface area contributed by atoms with E-state index >= 15 is 0 Å². The van der Waals surface area contributed by atoms with Gasteiger partial charge in [0.15, 0.2) is 0 Å². The lowest BCUT2D eigenvalue weighted by atomic mass is 10.0. The molecule has 0 atom stereocenters. The van der Waals surface area contributed by atoms with Gasteiger partial charge in [-0.15, -0.1) is 10.2 Å². The molecule has 0 unspecified atom stereocenters. The van der Waals surface area contributed by atoms with Crippen LogP contribution in [0.15, 0.2) is 24.3 Å². The first-order valence-electron chi connectivity index (χ1n) is 5.30. The molecule has 0 aliphatic carbocycles. The Hall–Kier alpha value is -1.64. The number of hydrogen-bond donors (Lipinski definition) is 0. The molecule has 0 radical (unpaired) electrons. The summed E-state index contributed by atoms with van der Waals surface area (Å²) in [5, 5.41) is 8.35. The first-order valence-corrected chi connectivity index (χ1v) is 5.30. The number of benzene rings is 1. The number of rotatable bonds is 0. The van der Waals surface area contributed by atoms with Crippen LogP contribution >= 0.6 is 0 Å². The molecule has 3 rings (SSSR count). The third-order valence-electron chi connectivity index (χ3n) is 3.08. The monoisotopic (exact) mass is 199 g/mol. The summed E-state index contributed by atoms with van der Waals surface area (Å²) in [5.74, 6) is 2.12. The van der Waals surface area contributed by atoms with Gasteiger partial charge in [0.25, 0.3) is 0 Å². The number of aromatic nitrogens is 3. The van der Waals surface area contributed by atoms with Crippen LogP contribution in [0.1, 0.15) is 22.8 Å². The van der Waals surface area contributed by atoms with Crippen molar-refractivity contribution in [1.82, 2.24) is 14.8 Å². The van der Waals surface area contributed by atoms with Gasteiger partial charge in [-0.05, 0) is 24.5 Å². The average molecular weight is 199 g/mol. The van der Waals surface area contributed by atoms with E-state index in [0.29, 0.717) is 0 Å². The molecule has 3 heteroatoms. The molecule has 0 fully saturated rings. The molecule has 1 aromatic heterocycles. The van der Waals surface area contributed by atoms with Crippen LogP contribution in [-0.2, 0) is 19.4 Å². The van der Waals surface area contributed by atoms with Gasteiger partial charge in [0, 0.05) is 13.0 Å². The van der Waals surface area contributed by atoms with Gasteiger partial charge >= 0.3 is 0 Å². The van der Waals surface area contributed by atoms with Gasteiger partial charge in [-0.3, -0.25) is 0 Å². The molecule has 15 heavy (non-hydrogen) atoms. The van der Waals surface area contributed by atoms with E-state index in [0.717, 1.165) is 31.0 Å². The number of fused-ring (bicyclic) bond motifs is 2. The largest absolute Gasteiger partial charge is 0.315 e. The summed E-state index contributed by atoms with van der Waals surface area (Å²) in [5.41, 5.74) is 2.84. The molecule has 2 aromatic rings. The van der Waals surface area contributed by atoms with Crippen LogP contribution in [0.4, 0.5) is 0 Å². The predicted octanol–water partition coefficient (Wildman–Crippen LogP) is 1.73. The molecule has 1 aliphatic rings. The van der Waals surface area contributed by atoms with Gasteiger partial charge < -0.3 is 4.57 Å². The van der Waals surface area contributed by atoms with Crippen LogP contribution in [0, 0.1) is 6.92 Å². The second-order valence-corrected chi connectivity index (χ2v) is 4.01. The second kappa shape index (κ2) is 3.19. The quantitative estimate of drug-likeness (QED) is 0.647. The lowest BCUT2D eigenvalue weighted by Gasteiger charge is -2.02. The van der Waals surface area contributed by atoms with Gasteiger partial charge in [-0.25, -0.2) is 0 Å². The molecular weight excluding hydrogens is 186 g/mol. The zero-order valence-corrected chi connectivity index (χ0v) is 8.77. The highest BCUT2D eigenvalue weighted by atomic mass is 15.3. The Labute approximate surface area is 88.8 Å². The molecule has 2 heterocycles. The summed E-state index contributed by atoms with van der Waals surface area (Å²) in [6.45, 7) is 3.03. The van der Waals surface area contributed by atoms with E-state index in [1.807, 2.05) is 6.92 Å². The zero-order chi connectivity index (χ0) is 10.3. The summed E-state index contributed by atoms with van der Waals surface area (Å²) in [4.78, 5) is 0. The summed E-state index contributed by atoms with van der Waals surface area (Å²) < 4.78 is 2.22. The standard InChI is InChI=1S/C12H13N3/c1-9-13-14-12-8-11-5-3-2-4-10(11)6-7-15(9)12/h2-5H,6-8H2,1H3. The molecule has 0 saturated carbocycles. The zero-order valence-electron chi connectivity index (χ0n) is 8.77. The fraction of sp³-hybridized carbons (Fsp3) is 0.333. The Bertz CT molecular complexity index is 499. The minimum absolute atomic E-state index is 0.914. The molecule has 0 saturated heterocycles. The van der Waals surface area contributed by atoms with E-state index in [4.69, 9.17) is 0 Å². The van der Waals surface area contributed by atoms with Crippen LogP contribution < -0.4 is 0 Å². The molecule has 0 N–H and O–H groups in total. The Balaban J connectivity index is 2.10. The highest BCUT2D eigenvalue weighted by Crippen LogP contribution is 2.19. The summed E-state index contributed by atoms with van der Waals surface area (Å²) >= 11 is 0. The average Bonchev–Trinajstić information content (AvgIpc) is 2.51. The lowest BCUT2D eigenvalue weighted by molar-refractivity contribution is 0.660. The maximum atomic E-state index is 4.23. The molecule has 0 amide bonds. The first-order chi connectivity index (χ1) is 7.34. The maximum absolute atomic E-state index is 4.23. The molecule has 1 aromatic carbocycles. The van der Waals surface area contributed by atoms with E-state index in [2.05, 4.69) is 39.0 Å². The summed E-state index contributed by atoms with van der Waals surface area (Å²) in [7, 11) is 0. The van der Waals surface area contributed by atoms with Crippen molar-refractivity contribution >= 4 is 0 Å². The molecule has 0 spiro atoms. The van der Waals surface area contributed by atoms with Crippen molar-refractivity contribution in [3.8, 4) is 0 Å². The molecule has 76 valence electrons. The Morgan fingerprint density at radius 2 is 1.93 bits per heavy atom. The third kappa shape index (κ3) is 1.35. The molecular formula is C12H13N3. The van der Waals surface area contributed by atoms with Gasteiger partial charge in [0.2, 0.25) is 0 Å². The lowest BCUT2D eigenvalue weighted by Crippen LogP contribution is -2.04. The van der Waals surface area contributed by atoms with Crippen LogP contribution in [0.25, 0.3) is 0 Å². The number of aryl methyl sites for hydroxylation is 2. The highest BCUT2D eigenvalue weighted by molar-refractivity contribution is 5.31. The van der Waals surface area contributed by atoms with Crippen molar-refractivity contribution in [3.05, 3.63) is 47.0 Å². The van der Waals surface area contributed by atoms with Crippen LogP contribution in [0.5, 0.6) is 0 Å². The van der Waals surface area contributed by atoms with E-state index in [-0.39, 0.29) is 0 Å². The van der Waals surface area contributed by atoms with Crippen LogP contribution in [0.3, 0.4) is 0 Å². The first kappa shape index (κ1) is 8.65. The van der Waals surface area contributed by atoms with Crippen molar-refractivity contribution in [2.75, 3.05) is 0 Å². The number of nitrogens with zero attached hydrogens (tertiary/aromatic N) is 3.